The fourth-order valence-corrected chi connectivity index (χ4v) is 4.48. The Morgan fingerprint density at radius 1 is 0.875 bits per heavy atom. The highest BCUT2D eigenvalue weighted by atomic mass is 14.4. The van der Waals surface area contributed by atoms with Gasteiger partial charge < -0.3 is 0 Å². The second-order valence-electron chi connectivity index (χ2n) is 11.7. The molecule has 0 saturated carbocycles. The molecule has 0 fully saturated rings. The molecular formula is C23H47B. The molecule has 0 nitrogen and oxygen atoms in total. The van der Waals surface area contributed by atoms with Crippen LogP contribution in [0.3, 0.4) is 0 Å². The van der Waals surface area contributed by atoms with Crippen LogP contribution in [0.2, 0.25) is 12.6 Å². The zero-order chi connectivity index (χ0) is 19.3. The van der Waals surface area contributed by atoms with Crippen molar-refractivity contribution in [1.29, 1.82) is 0 Å². The van der Waals surface area contributed by atoms with E-state index in [1.54, 1.807) is 0 Å². The summed E-state index contributed by atoms with van der Waals surface area (Å²) in [5.74, 6) is 2.35. The van der Waals surface area contributed by atoms with Gasteiger partial charge in [-0.15, -0.1) is 6.58 Å². The molecule has 0 bridgehead atoms. The molecule has 0 spiro atoms. The van der Waals surface area contributed by atoms with Crippen LogP contribution in [0.15, 0.2) is 12.2 Å². The zero-order valence-corrected chi connectivity index (χ0v) is 19.0. The Kier molecular flexibility index (Phi) is 8.88. The van der Waals surface area contributed by atoms with Crippen molar-refractivity contribution in [2.45, 2.75) is 108 Å². The molecule has 3 atom stereocenters. The Balaban J connectivity index is 5.17. The molecule has 3 unspecified atom stereocenters. The predicted octanol–water partition coefficient (Wildman–Crippen LogP) is 7.77. The summed E-state index contributed by atoms with van der Waals surface area (Å²) in [5.41, 5.74) is 2.53. The van der Waals surface area contributed by atoms with Gasteiger partial charge in [0.05, 0.1) is 0 Å². The molecule has 0 radical (unpaired) electrons. The first kappa shape index (κ1) is 23.8. The Bertz CT molecular complexity index is 378. The first-order chi connectivity index (χ1) is 10.6. The summed E-state index contributed by atoms with van der Waals surface area (Å²) in [6.45, 7) is 30.6. The lowest BCUT2D eigenvalue weighted by Crippen LogP contribution is -2.32. The third kappa shape index (κ3) is 9.95. The minimum atomic E-state index is 0.372. The number of rotatable bonds is 9. The summed E-state index contributed by atoms with van der Waals surface area (Å²) in [5, 5.41) is 0. The van der Waals surface area contributed by atoms with Crippen LogP contribution in [0.25, 0.3) is 0 Å². The quantitative estimate of drug-likeness (QED) is 0.298. The molecule has 0 N–H and O–H groups in total. The highest BCUT2D eigenvalue weighted by Crippen LogP contribution is 2.46. The van der Waals surface area contributed by atoms with Gasteiger partial charge in [0, 0.05) is 0 Å². The van der Waals surface area contributed by atoms with Crippen LogP contribution < -0.4 is 0 Å². The summed E-state index contributed by atoms with van der Waals surface area (Å²) in [6, 6.07) is 0. The van der Waals surface area contributed by atoms with Gasteiger partial charge >= 0.3 is 0 Å². The van der Waals surface area contributed by atoms with E-state index in [2.05, 4.69) is 82.6 Å². The summed E-state index contributed by atoms with van der Waals surface area (Å²) in [6.07, 6.45) is 5.13. The van der Waals surface area contributed by atoms with Crippen molar-refractivity contribution >= 4 is 7.28 Å². The summed E-state index contributed by atoms with van der Waals surface area (Å²) in [4.78, 5) is 0. The predicted molar refractivity (Wildman–Crippen MR) is 115 cm³/mol. The monoisotopic (exact) mass is 334 g/mol. The van der Waals surface area contributed by atoms with Crippen LogP contribution in [-0.2, 0) is 0 Å². The van der Waals surface area contributed by atoms with Crippen LogP contribution in [0, 0.1) is 28.1 Å². The fourth-order valence-electron chi connectivity index (χ4n) is 4.48. The van der Waals surface area contributed by atoms with Crippen molar-refractivity contribution in [2.24, 2.45) is 28.1 Å². The number of hydrogen-bond donors (Lipinski definition) is 0. The molecular weight excluding hydrogens is 287 g/mol. The van der Waals surface area contributed by atoms with E-state index in [1.807, 2.05) is 0 Å². The van der Waals surface area contributed by atoms with Crippen LogP contribution in [0.1, 0.15) is 94.9 Å². The molecule has 0 aromatic carbocycles. The van der Waals surface area contributed by atoms with E-state index in [-0.39, 0.29) is 0 Å². The molecule has 0 rings (SSSR count). The van der Waals surface area contributed by atoms with Gasteiger partial charge in [-0.1, -0.05) is 86.9 Å². The summed E-state index contributed by atoms with van der Waals surface area (Å²) in [7, 11) is 1.30. The van der Waals surface area contributed by atoms with Crippen molar-refractivity contribution in [3.8, 4) is 0 Å². The first-order valence-electron chi connectivity index (χ1n) is 10.2. The highest BCUT2D eigenvalue weighted by Gasteiger charge is 2.35. The van der Waals surface area contributed by atoms with Gasteiger partial charge in [-0.2, -0.15) is 0 Å². The molecule has 0 aromatic rings. The van der Waals surface area contributed by atoms with Crippen LogP contribution in [0.5, 0.6) is 0 Å². The molecule has 0 aliphatic rings. The Labute approximate surface area is 155 Å². The van der Waals surface area contributed by atoms with Gasteiger partial charge in [-0.05, 0) is 54.3 Å². The lowest BCUT2D eigenvalue weighted by molar-refractivity contribution is 0.112. The van der Waals surface area contributed by atoms with Crippen LogP contribution in [-0.4, -0.2) is 7.28 Å². The minimum Gasteiger partial charge on any atom is -0.100 e. The maximum atomic E-state index is 4.22. The van der Waals surface area contributed by atoms with E-state index in [1.165, 1.54) is 38.5 Å². The van der Waals surface area contributed by atoms with Crippen molar-refractivity contribution in [2.75, 3.05) is 0 Å². The van der Waals surface area contributed by atoms with Crippen molar-refractivity contribution < 1.29 is 0 Å². The smallest absolute Gasteiger partial charge is 0.100 e. The van der Waals surface area contributed by atoms with Gasteiger partial charge in [0.25, 0.3) is 0 Å². The third-order valence-corrected chi connectivity index (χ3v) is 5.61. The van der Waals surface area contributed by atoms with E-state index < -0.39 is 0 Å². The zero-order valence-electron chi connectivity index (χ0n) is 19.0. The third-order valence-electron chi connectivity index (χ3n) is 5.61. The summed E-state index contributed by atoms with van der Waals surface area (Å²) < 4.78 is 0. The molecule has 0 amide bonds. The van der Waals surface area contributed by atoms with E-state index in [9.17, 15) is 0 Å². The lowest BCUT2D eigenvalue weighted by Gasteiger charge is -2.42. The van der Waals surface area contributed by atoms with Crippen molar-refractivity contribution in [3.05, 3.63) is 12.2 Å². The largest absolute Gasteiger partial charge is 0.121 e. The summed E-state index contributed by atoms with van der Waals surface area (Å²) >= 11 is 0. The normalized spacial score (nSPS) is 17.3. The maximum absolute atomic E-state index is 4.22. The molecule has 24 heavy (non-hydrogen) atoms. The van der Waals surface area contributed by atoms with Crippen LogP contribution in [0.4, 0.5) is 0 Å². The van der Waals surface area contributed by atoms with Gasteiger partial charge in [0.1, 0.15) is 7.28 Å². The SMILES string of the molecule is C=C(C)CC(CC(C)(C)C)C(C)(C)CC(C)C(BC)CC(C)(C)C. The molecule has 0 aliphatic heterocycles. The van der Waals surface area contributed by atoms with E-state index in [0.29, 0.717) is 16.2 Å². The topological polar surface area (TPSA) is 0 Å². The fraction of sp³-hybridized carbons (Fsp3) is 0.913. The van der Waals surface area contributed by atoms with E-state index in [0.717, 1.165) is 17.7 Å². The standard InChI is InChI=1S/C23H47B/c1-17(2)13-19(15-21(4,5)6)23(10,11)14-18(3)20(24-12)16-22(7,8)9/h18-20,24H,1,13-16H2,2-12H3. The second kappa shape index (κ2) is 8.95. The molecule has 0 aromatic heterocycles. The Morgan fingerprint density at radius 2 is 1.33 bits per heavy atom. The van der Waals surface area contributed by atoms with Crippen molar-refractivity contribution in [3.63, 3.8) is 0 Å². The first-order valence-corrected chi connectivity index (χ1v) is 10.2. The van der Waals surface area contributed by atoms with Crippen molar-refractivity contribution in [1.82, 2.24) is 0 Å². The lowest BCUT2D eigenvalue weighted by atomic mass is 9.54. The highest BCUT2D eigenvalue weighted by molar-refractivity contribution is 6.35. The average molecular weight is 334 g/mol. The molecule has 0 heterocycles. The molecule has 0 saturated heterocycles. The Hall–Kier alpha value is -0.195. The Morgan fingerprint density at radius 3 is 1.67 bits per heavy atom. The van der Waals surface area contributed by atoms with E-state index in [4.69, 9.17) is 0 Å². The molecule has 1 heteroatoms. The van der Waals surface area contributed by atoms with E-state index >= 15 is 0 Å². The molecule has 0 aliphatic carbocycles. The second-order valence-corrected chi connectivity index (χ2v) is 11.7. The maximum Gasteiger partial charge on any atom is 0.121 e. The van der Waals surface area contributed by atoms with Gasteiger partial charge in [0.15, 0.2) is 0 Å². The van der Waals surface area contributed by atoms with Gasteiger partial charge in [0.2, 0.25) is 0 Å². The van der Waals surface area contributed by atoms with Gasteiger partial charge in [-0.3, -0.25) is 0 Å². The number of hydrogen-bond acceptors (Lipinski definition) is 0. The number of allylic oxidation sites excluding steroid dienone is 1. The average Bonchev–Trinajstić information content (AvgIpc) is 2.31. The van der Waals surface area contributed by atoms with Gasteiger partial charge in [-0.25, -0.2) is 0 Å². The van der Waals surface area contributed by atoms with Crippen LogP contribution >= 0.6 is 0 Å². The minimum absolute atomic E-state index is 0.372. The molecule has 142 valence electrons.